The zero-order valence-electron chi connectivity index (χ0n) is 14.1. The fourth-order valence-corrected chi connectivity index (χ4v) is 5.77. The van der Waals surface area contributed by atoms with Crippen molar-refractivity contribution in [3.63, 3.8) is 0 Å². The van der Waals surface area contributed by atoms with Gasteiger partial charge in [0.05, 0.1) is 0 Å². The van der Waals surface area contributed by atoms with Crippen molar-refractivity contribution < 1.29 is 14.7 Å². The van der Waals surface area contributed by atoms with E-state index in [9.17, 15) is 14.7 Å². The number of carboxylic acids is 1. The smallest absolute Gasteiger partial charge is 0.326 e. The summed E-state index contributed by atoms with van der Waals surface area (Å²) in [6, 6.07) is 2.46. The molecule has 1 heterocycles. The summed E-state index contributed by atoms with van der Waals surface area (Å²) in [4.78, 5) is 28.7. The predicted molar refractivity (Wildman–Crippen MR) is 93.1 cm³/mol. The molecule has 0 radical (unpaired) electrons. The highest BCUT2D eigenvalue weighted by atomic mass is 35.5. The third-order valence-corrected chi connectivity index (χ3v) is 6.58. The molecule has 5 nitrogen and oxygen atoms in total. The summed E-state index contributed by atoms with van der Waals surface area (Å²) in [6.45, 7) is 0. The van der Waals surface area contributed by atoms with Gasteiger partial charge in [-0.05, 0) is 67.9 Å². The minimum Gasteiger partial charge on any atom is -0.480 e. The van der Waals surface area contributed by atoms with E-state index in [1.807, 2.05) is 0 Å². The van der Waals surface area contributed by atoms with Crippen LogP contribution in [0.5, 0.6) is 0 Å². The van der Waals surface area contributed by atoms with Crippen molar-refractivity contribution in [3.05, 3.63) is 29.0 Å². The molecule has 4 bridgehead atoms. The van der Waals surface area contributed by atoms with Crippen molar-refractivity contribution in [1.82, 2.24) is 10.3 Å². The van der Waals surface area contributed by atoms with Gasteiger partial charge < -0.3 is 10.4 Å². The van der Waals surface area contributed by atoms with Gasteiger partial charge in [-0.2, -0.15) is 0 Å². The minimum atomic E-state index is -1.01. The van der Waals surface area contributed by atoms with Gasteiger partial charge in [-0.3, -0.25) is 4.79 Å². The second kappa shape index (κ2) is 6.27. The van der Waals surface area contributed by atoms with Crippen LogP contribution in [0.2, 0.25) is 5.15 Å². The van der Waals surface area contributed by atoms with Crippen LogP contribution >= 0.6 is 11.6 Å². The summed E-state index contributed by atoms with van der Waals surface area (Å²) in [7, 11) is 0. The molecule has 1 aromatic heterocycles. The highest BCUT2D eigenvalue weighted by Gasteiger charge is 2.54. The maximum atomic E-state index is 13.0. The van der Waals surface area contributed by atoms with Gasteiger partial charge in [-0.25, -0.2) is 9.78 Å². The Bertz CT molecular complexity index is 653. The molecule has 1 atom stereocenters. The number of nitrogens with one attached hydrogen (secondary N) is 1. The second-order valence-corrected chi connectivity index (χ2v) is 8.64. The Morgan fingerprint density at radius 3 is 2.28 bits per heavy atom. The normalized spacial score (nSPS) is 33.9. The first-order chi connectivity index (χ1) is 11.9. The molecule has 1 amide bonds. The van der Waals surface area contributed by atoms with E-state index in [0.717, 1.165) is 24.8 Å². The Morgan fingerprint density at radius 1 is 1.20 bits per heavy atom. The number of pyridine rings is 1. The molecule has 0 saturated heterocycles. The first-order valence-electron chi connectivity index (χ1n) is 9.08. The first kappa shape index (κ1) is 16.8. The first-order valence-corrected chi connectivity index (χ1v) is 9.45. The van der Waals surface area contributed by atoms with E-state index in [1.54, 1.807) is 18.3 Å². The highest BCUT2D eigenvalue weighted by molar-refractivity contribution is 6.29. The van der Waals surface area contributed by atoms with Gasteiger partial charge in [-0.1, -0.05) is 17.7 Å². The molecule has 134 valence electrons. The standard InChI is InChI=1S/C19H23ClN2O3/c20-16-2-1-11(10-21-16)6-15(17(23)24)22-18(25)19-7-12-3-13(8-19)5-14(4-12)9-19/h1-2,10,12-15H,3-9H2,(H,22,25)(H,23,24)/t12?,13?,14?,15-,19?/m0/s1. The Kier molecular flexibility index (Phi) is 4.22. The van der Waals surface area contributed by atoms with Crippen LogP contribution in [0.3, 0.4) is 0 Å². The summed E-state index contributed by atoms with van der Waals surface area (Å²) < 4.78 is 0. The van der Waals surface area contributed by atoms with Crippen molar-refractivity contribution >= 4 is 23.5 Å². The number of aromatic nitrogens is 1. The summed E-state index contributed by atoms with van der Waals surface area (Å²) in [5.41, 5.74) is 0.420. The van der Waals surface area contributed by atoms with Gasteiger partial charge in [0, 0.05) is 18.0 Å². The third-order valence-electron chi connectivity index (χ3n) is 6.35. The Hall–Kier alpha value is -1.62. The summed E-state index contributed by atoms with van der Waals surface area (Å²) in [6.07, 6.45) is 8.34. The molecule has 0 aliphatic heterocycles. The SMILES string of the molecule is O=C(O)[C@H](Cc1ccc(Cl)nc1)NC(=O)C12CC3CC(CC(C3)C1)C2. The lowest BCUT2D eigenvalue weighted by molar-refractivity contribution is -0.151. The van der Waals surface area contributed by atoms with E-state index in [1.165, 1.54) is 19.3 Å². The minimum absolute atomic E-state index is 0.0547. The van der Waals surface area contributed by atoms with E-state index in [4.69, 9.17) is 11.6 Å². The highest BCUT2D eigenvalue weighted by Crippen LogP contribution is 2.60. The van der Waals surface area contributed by atoms with Crippen LogP contribution in [0.1, 0.15) is 44.1 Å². The van der Waals surface area contributed by atoms with Crippen molar-refractivity contribution in [2.45, 2.75) is 51.0 Å². The van der Waals surface area contributed by atoms with E-state index in [2.05, 4.69) is 10.3 Å². The van der Waals surface area contributed by atoms with Crippen molar-refractivity contribution in [2.24, 2.45) is 23.2 Å². The van der Waals surface area contributed by atoms with E-state index < -0.39 is 12.0 Å². The average molecular weight is 363 g/mol. The Labute approximate surface area is 152 Å². The molecule has 5 rings (SSSR count). The fourth-order valence-electron chi connectivity index (χ4n) is 5.66. The van der Waals surface area contributed by atoms with E-state index in [0.29, 0.717) is 22.9 Å². The average Bonchev–Trinajstić information content (AvgIpc) is 2.54. The number of nitrogens with zero attached hydrogens (tertiary/aromatic N) is 1. The van der Waals surface area contributed by atoms with Gasteiger partial charge in [0.15, 0.2) is 0 Å². The zero-order chi connectivity index (χ0) is 17.6. The molecular weight excluding hydrogens is 340 g/mol. The molecule has 4 aliphatic carbocycles. The number of hydrogen-bond donors (Lipinski definition) is 2. The lowest BCUT2D eigenvalue weighted by Crippen LogP contribution is -2.56. The van der Waals surface area contributed by atoms with Gasteiger partial charge in [0.1, 0.15) is 11.2 Å². The molecule has 4 fully saturated rings. The number of amides is 1. The number of carbonyl (C=O) groups is 2. The lowest BCUT2D eigenvalue weighted by atomic mass is 9.49. The van der Waals surface area contributed by atoms with Crippen LogP contribution in [0.25, 0.3) is 0 Å². The van der Waals surface area contributed by atoms with Crippen LogP contribution in [-0.4, -0.2) is 28.0 Å². The zero-order valence-corrected chi connectivity index (χ0v) is 14.8. The maximum absolute atomic E-state index is 13.0. The van der Waals surface area contributed by atoms with Crippen LogP contribution in [0, 0.1) is 23.2 Å². The molecule has 0 aromatic carbocycles. The number of carboxylic acid groups (broad SMARTS) is 1. The van der Waals surface area contributed by atoms with Crippen molar-refractivity contribution in [2.75, 3.05) is 0 Å². The number of carbonyl (C=O) groups excluding carboxylic acids is 1. The van der Waals surface area contributed by atoms with Crippen molar-refractivity contribution in [3.8, 4) is 0 Å². The van der Waals surface area contributed by atoms with Gasteiger partial charge >= 0.3 is 5.97 Å². The number of hydrogen-bond acceptors (Lipinski definition) is 3. The van der Waals surface area contributed by atoms with Gasteiger partial charge in [-0.15, -0.1) is 0 Å². The van der Waals surface area contributed by atoms with Crippen LogP contribution in [0.4, 0.5) is 0 Å². The van der Waals surface area contributed by atoms with Crippen LogP contribution in [-0.2, 0) is 16.0 Å². The quantitative estimate of drug-likeness (QED) is 0.789. The number of halogens is 1. The molecule has 0 spiro atoms. The topological polar surface area (TPSA) is 79.3 Å². The van der Waals surface area contributed by atoms with Gasteiger partial charge in [0.25, 0.3) is 0 Å². The fraction of sp³-hybridized carbons (Fsp3) is 0.632. The molecule has 25 heavy (non-hydrogen) atoms. The van der Waals surface area contributed by atoms with Crippen LogP contribution in [0.15, 0.2) is 18.3 Å². The van der Waals surface area contributed by atoms with E-state index >= 15 is 0 Å². The number of aliphatic carboxylic acids is 1. The molecule has 4 aliphatic rings. The Balaban J connectivity index is 1.47. The predicted octanol–water partition coefficient (Wildman–Crippen LogP) is 3.06. The van der Waals surface area contributed by atoms with E-state index in [-0.39, 0.29) is 17.7 Å². The Morgan fingerprint density at radius 2 is 1.80 bits per heavy atom. The summed E-state index contributed by atoms with van der Waals surface area (Å²) in [5, 5.41) is 12.8. The molecule has 0 unspecified atom stereocenters. The summed E-state index contributed by atoms with van der Waals surface area (Å²) in [5.74, 6) is 0.899. The monoisotopic (exact) mass is 362 g/mol. The second-order valence-electron chi connectivity index (χ2n) is 8.26. The molecule has 4 saturated carbocycles. The summed E-state index contributed by atoms with van der Waals surface area (Å²) >= 11 is 5.77. The molecule has 2 N–H and O–H groups in total. The third kappa shape index (κ3) is 3.26. The lowest BCUT2D eigenvalue weighted by Gasteiger charge is -2.55. The largest absolute Gasteiger partial charge is 0.480 e. The van der Waals surface area contributed by atoms with Crippen molar-refractivity contribution in [1.29, 1.82) is 0 Å². The van der Waals surface area contributed by atoms with Crippen LogP contribution < -0.4 is 5.32 Å². The molecule has 1 aromatic rings. The van der Waals surface area contributed by atoms with Gasteiger partial charge in [0.2, 0.25) is 5.91 Å². The molecular formula is C19H23ClN2O3. The maximum Gasteiger partial charge on any atom is 0.326 e. The number of rotatable bonds is 5. The molecule has 6 heteroatoms.